The molecule has 0 aliphatic carbocycles. The lowest BCUT2D eigenvalue weighted by atomic mass is 9.97. The van der Waals surface area contributed by atoms with Gasteiger partial charge >= 0.3 is 5.97 Å². The minimum atomic E-state index is -1.37. The van der Waals surface area contributed by atoms with Crippen molar-refractivity contribution in [2.45, 2.75) is 125 Å². The highest BCUT2D eigenvalue weighted by molar-refractivity contribution is 6.05. The summed E-state index contributed by atoms with van der Waals surface area (Å²) in [6.45, 7) is 18.0. The number of nitrogens with one attached hydrogen (secondary N) is 3. The van der Waals surface area contributed by atoms with E-state index in [0.717, 1.165) is 22.4 Å². The van der Waals surface area contributed by atoms with Crippen LogP contribution in [-0.4, -0.2) is 120 Å². The van der Waals surface area contributed by atoms with Crippen molar-refractivity contribution in [3.8, 4) is 5.75 Å². The van der Waals surface area contributed by atoms with Gasteiger partial charge in [0.2, 0.25) is 17.7 Å². The number of carbonyl (C=O) groups excluding carboxylic acids is 7. The number of hydrogen-bond acceptors (Lipinski definition) is 10. The number of esters is 1. The van der Waals surface area contributed by atoms with Gasteiger partial charge in [0.25, 0.3) is 11.8 Å². The molecule has 2 saturated heterocycles. The molecule has 5 amide bonds. The number of ether oxygens (including phenoxy) is 3. The van der Waals surface area contributed by atoms with Gasteiger partial charge in [-0.15, -0.1) is 0 Å². The average Bonchev–Trinajstić information content (AvgIpc) is 4.05. The van der Waals surface area contributed by atoms with Crippen molar-refractivity contribution in [3.05, 3.63) is 101 Å². The molecule has 0 spiro atoms. The molecule has 2 aliphatic rings. The summed E-state index contributed by atoms with van der Waals surface area (Å²) >= 11 is 0. The molecule has 0 bridgehead atoms. The highest BCUT2D eigenvalue weighted by Crippen LogP contribution is 2.32. The van der Waals surface area contributed by atoms with Crippen LogP contribution in [0, 0.1) is 17.3 Å². The monoisotopic (exact) mass is 953 g/mol. The van der Waals surface area contributed by atoms with Gasteiger partial charge in [-0.2, -0.15) is 0 Å². The number of aryl methyl sites for hydroxylation is 1. The molecule has 0 unspecified atom stereocenters. The Morgan fingerprint density at radius 1 is 0.768 bits per heavy atom. The first-order valence-corrected chi connectivity index (χ1v) is 24.4. The second-order valence-electron chi connectivity index (χ2n) is 20.8. The van der Waals surface area contributed by atoms with Crippen molar-refractivity contribution in [2.75, 3.05) is 46.0 Å². The molecule has 0 aromatic heterocycles. The van der Waals surface area contributed by atoms with E-state index in [-0.39, 0.29) is 72.4 Å². The van der Waals surface area contributed by atoms with Gasteiger partial charge in [0.1, 0.15) is 43.5 Å². The molecule has 2 aliphatic heterocycles. The van der Waals surface area contributed by atoms with Gasteiger partial charge in [0, 0.05) is 18.5 Å². The molecule has 2 heterocycles. The van der Waals surface area contributed by atoms with Crippen LogP contribution in [0.25, 0.3) is 0 Å². The van der Waals surface area contributed by atoms with Crippen LogP contribution in [0.5, 0.6) is 5.75 Å². The predicted molar refractivity (Wildman–Crippen MR) is 262 cm³/mol. The quantitative estimate of drug-likeness (QED) is 0.0347. The zero-order valence-electron chi connectivity index (χ0n) is 42.1. The Hall–Kier alpha value is -5.77. The van der Waals surface area contributed by atoms with Crippen molar-refractivity contribution in [1.29, 1.82) is 0 Å². The summed E-state index contributed by atoms with van der Waals surface area (Å²) in [6.07, 6.45) is 1.53. The Balaban J connectivity index is 1.48. The standard InChI is InChI=1S/C54H73N5O10/c1-36(2)24-25-55-48(62)44(32-40-18-14-11-15-19-40)56-49(63)43(30-37(3)4)57-50(64)45(22-20-39-16-12-10-13-17-39)58(51(65)54(9)35-68-54)47(61)34-59(26-28-67-29-27-59)33-41-21-23-46(42(31-41)38(5)60)69-52(66)53(6,7)8/h10-19,21,23,31,36-37,43-45H,20,22,24-30,32-35H2,1-9H3,(H2-,55,56,57,62,63,64)/p+1/t43-,44-,45-,54+/m0/s1. The molecule has 69 heavy (non-hydrogen) atoms. The Labute approximate surface area is 408 Å². The van der Waals surface area contributed by atoms with Crippen molar-refractivity contribution in [2.24, 2.45) is 17.3 Å². The van der Waals surface area contributed by atoms with Crippen LogP contribution in [0.3, 0.4) is 0 Å². The number of nitrogens with zero attached hydrogens (tertiary/aromatic N) is 2. The maximum atomic E-state index is 15.2. The number of hydrogen-bond donors (Lipinski definition) is 3. The first kappa shape index (κ1) is 54.2. The number of benzene rings is 3. The fourth-order valence-corrected chi connectivity index (χ4v) is 8.30. The molecular weight excluding hydrogens is 879 g/mol. The van der Waals surface area contributed by atoms with Crippen LogP contribution < -0.4 is 20.7 Å². The zero-order chi connectivity index (χ0) is 50.5. The normalized spacial score (nSPS) is 17.8. The van der Waals surface area contributed by atoms with E-state index in [9.17, 15) is 24.0 Å². The summed E-state index contributed by atoms with van der Waals surface area (Å²) in [5.41, 5.74) is 0.470. The third-order valence-electron chi connectivity index (χ3n) is 12.6. The predicted octanol–water partition coefficient (Wildman–Crippen LogP) is 5.75. The highest BCUT2D eigenvalue weighted by Gasteiger charge is 2.54. The van der Waals surface area contributed by atoms with Crippen molar-refractivity contribution >= 4 is 41.3 Å². The molecule has 15 nitrogen and oxygen atoms in total. The third kappa shape index (κ3) is 15.9. The SMILES string of the molecule is CC(=O)c1cc(C[N+]2(CC(=O)N(C(=O)[C@@]3(C)CO3)[C@@H](CCc3ccccc3)C(=O)N[C@@H](CC(C)C)C(=O)N[C@@H](Cc3ccccc3)C(=O)NCCC(C)C)CCOCC2)ccc1OC(=O)C(C)(C)C. The second-order valence-corrected chi connectivity index (χ2v) is 20.8. The van der Waals surface area contributed by atoms with E-state index >= 15 is 9.59 Å². The smallest absolute Gasteiger partial charge is 0.316 e. The van der Waals surface area contributed by atoms with Gasteiger partial charge in [0.15, 0.2) is 17.9 Å². The van der Waals surface area contributed by atoms with E-state index in [2.05, 4.69) is 29.8 Å². The van der Waals surface area contributed by atoms with Gasteiger partial charge in [-0.1, -0.05) is 88.4 Å². The van der Waals surface area contributed by atoms with Gasteiger partial charge in [-0.3, -0.25) is 38.5 Å². The number of imide groups is 1. The van der Waals surface area contributed by atoms with Crippen LogP contribution in [0.1, 0.15) is 109 Å². The maximum absolute atomic E-state index is 15.2. The summed E-state index contributed by atoms with van der Waals surface area (Å²) in [6, 6.07) is 20.4. The van der Waals surface area contributed by atoms with Gasteiger partial charge in [0.05, 0.1) is 30.8 Å². The number of Topliss-reactive ketones (excluding diaryl/α,β-unsaturated/α-hetero) is 1. The first-order valence-electron chi connectivity index (χ1n) is 24.4. The van der Waals surface area contributed by atoms with E-state index in [1.54, 1.807) is 45.9 Å². The summed E-state index contributed by atoms with van der Waals surface area (Å²) in [7, 11) is 0. The fourth-order valence-electron chi connectivity index (χ4n) is 8.30. The van der Waals surface area contributed by atoms with Crippen molar-refractivity contribution in [3.63, 3.8) is 0 Å². The number of morpholine rings is 1. The van der Waals surface area contributed by atoms with Crippen LogP contribution >= 0.6 is 0 Å². The zero-order valence-corrected chi connectivity index (χ0v) is 42.1. The lowest BCUT2D eigenvalue weighted by molar-refractivity contribution is -0.940. The van der Waals surface area contributed by atoms with Gasteiger partial charge in [-0.25, -0.2) is 0 Å². The van der Waals surface area contributed by atoms with Gasteiger partial charge in [-0.05, 0) is 101 Å². The van der Waals surface area contributed by atoms with Crippen molar-refractivity contribution in [1.82, 2.24) is 20.9 Å². The first-order chi connectivity index (χ1) is 32.6. The molecule has 3 N–H and O–H groups in total. The Morgan fingerprint density at radius 3 is 1.94 bits per heavy atom. The summed E-state index contributed by atoms with van der Waals surface area (Å²) in [5.74, 6) is -3.27. The largest absolute Gasteiger partial charge is 0.425 e. The lowest BCUT2D eigenvalue weighted by Gasteiger charge is -2.42. The van der Waals surface area contributed by atoms with Crippen LogP contribution in [-0.2, 0) is 57.6 Å². The maximum Gasteiger partial charge on any atom is 0.316 e. The Kier molecular flexibility index (Phi) is 19.0. The number of quaternary nitrogens is 1. The van der Waals surface area contributed by atoms with Crippen LogP contribution in [0.4, 0.5) is 0 Å². The molecule has 2 fully saturated rings. The number of amides is 5. The fraction of sp³-hybridized carbons (Fsp3) is 0.537. The molecule has 4 atom stereocenters. The topological polar surface area (TPSA) is 190 Å². The summed E-state index contributed by atoms with van der Waals surface area (Å²) in [5, 5.41) is 8.85. The Bertz CT molecular complexity index is 2270. The number of carbonyl (C=O) groups is 7. The number of ketones is 1. The summed E-state index contributed by atoms with van der Waals surface area (Å²) < 4.78 is 17.2. The molecule has 374 valence electrons. The van der Waals surface area contributed by atoms with E-state index in [1.165, 1.54) is 6.92 Å². The minimum Gasteiger partial charge on any atom is -0.425 e. The molecule has 0 radical (unpaired) electrons. The van der Waals surface area contributed by atoms with Crippen molar-refractivity contribution < 1.29 is 52.3 Å². The van der Waals surface area contributed by atoms with Crippen LogP contribution in [0.2, 0.25) is 0 Å². The molecule has 3 aromatic rings. The van der Waals surface area contributed by atoms with E-state index < -0.39 is 58.7 Å². The minimum absolute atomic E-state index is 0.0359. The van der Waals surface area contributed by atoms with Crippen LogP contribution in [0.15, 0.2) is 78.9 Å². The lowest BCUT2D eigenvalue weighted by Crippen LogP contribution is -2.64. The summed E-state index contributed by atoms with van der Waals surface area (Å²) in [4.78, 5) is 100.0. The number of rotatable bonds is 23. The molecule has 15 heteroatoms. The molecular formula is C54H74N5O10+. The van der Waals surface area contributed by atoms with E-state index in [4.69, 9.17) is 14.2 Å². The van der Waals surface area contributed by atoms with E-state index in [1.807, 2.05) is 74.5 Å². The van der Waals surface area contributed by atoms with E-state index in [0.29, 0.717) is 50.8 Å². The average molecular weight is 953 g/mol. The molecule has 0 saturated carbocycles. The Morgan fingerprint density at radius 2 is 1.38 bits per heavy atom. The van der Waals surface area contributed by atoms with Gasteiger partial charge < -0.3 is 34.6 Å². The number of epoxide rings is 1. The highest BCUT2D eigenvalue weighted by atomic mass is 16.6. The molecule has 3 aromatic carbocycles. The third-order valence-corrected chi connectivity index (χ3v) is 12.6. The second kappa shape index (κ2) is 24.2. The molecule has 5 rings (SSSR count).